The van der Waals surface area contributed by atoms with Gasteiger partial charge in [0.25, 0.3) is 11.1 Å². The molecule has 1 N–H and O–H groups in total. The van der Waals surface area contributed by atoms with Crippen molar-refractivity contribution in [1.82, 2.24) is 4.90 Å². The normalized spacial score (nSPS) is 14.4. The molecular formula is C23H22N2O7S. The Morgan fingerprint density at radius 1 is 1.09 bits per heavy atom. The van der Waals surface area contributed by atoms with Crippen molar-refractivity contribution in [3.8, 4) is 11.5 Å². The lowest BCUT2D eigenvalue weighted by molar-refractivity contribution is -0.143. The summed E-state index contributed by atoms with van der Waals surface area (Å²) in [5.74, 6) is -1.14. The molecular weight excluding hydrogens is 448 g/mol. The number of aryl methyl sites for hydroxylation is 1. The van der Waals surface area contributed by atoms with Crippen molar-refractivity contribution in [2.45, 2.75) is 6.92 Å². The van der Waals surface area contributed by atoms with Crippen LogP contribution in [0.1, 0.15) is 11.1 Å². The molecule has 0 atom stereocenters. The number of carbonyl (C=O) groups is 4. The Morgan fingerprint density at radius 2 is 1.82 bits per heavy atom. The van der Waals surface area contributed by atoms with Gasteiger partial charge in [-0.25, -0.2) is 4.79 Å². The van der Waals surface area contributed by atoms with Gasteiger partial charge in [0.05, 0.1) is 19.1 Å². The van der Waals surface area contributed by atoms with Gasteiger partial charge < -0.3 is 19.5 Å². The van der Waals surface area contributed by atoms with Crippen molar-refractivity contribution >= 4 is 46.5 Å². The van der Waals surface area contributed by atoms with Crippen LogP contribution in [0.5, 0.6) is 11.5 Å². The van der Waals surface area contributed by atoms with E-state index in [1.54, 1.807) is 30.3 Å². The number of methoxy groups -OCH3 is 2. The maximum atomic E-state index is 12.8. The van der Waals surface area contributed by atoms with Crippen molar-refractivity contribution in [2.75, 3.05) is 32.7 Å². The van der Waals surface area contributed by atoms with E-state index >= 15 is 0 Å². The highest BCUT2D eigenvalue weighted by molar-refractivity contribution is 8.18. The number of nitrogens with one attached hydrogen (secondary N) is 1. The molecule has 0 bridgehead atoms. The first-order chi connectivity index (χ1) is 15.8. The van der Waals surface area contributed by atoms with Crippen LogP contribution in [0.25, 0.3) is 6.08 Å². The molecule has 2 aromatic rings. The van der Waals surface area contributed by atoms with Crippen molar-refractivity contribution in [1.29, 1.82) is 0 Å². The van der Waals surface area contributed by atoms with Gasteiger partial charge in [0.15, 0.2) is 18.1 Å². The molecule has 0 aliphatic carbocycles. The van der Waals surface area contributed by atoms with Crippen molar-refractivity contribution in [3.63, 3.8) is 0 Å². The molecule has 1 saturated heterocycles. The second kappa shape index (κ2) is 10.7. The number of amides is 3. The second-order valence-electron chi connectivity index (χ2n) is 6.93. The lowest BCUT2D eigenvalue weighted by atomic mass is 10.1. The molecule has 3 amide bonds. The van der Waals surface area contributed by atoms with E-state index in [9.17, 15) is 19.2 Å². The number of nitrogens with zero attached hydrogens (tertiary/aromatic N) is 1. The van der Waals surface area contributed by atoms with E-state index in [1.807, 2.05) is 19.1 Å². The average Bonchev–Trinajstić information content (AvgIpc) is 3.06. The maximum Gasteiger partial charge on any atom is 0.343 e. The lowest BCUT2D eigenvalue weighted by Crippen LogP contribution is -2.36. The van der Waals surface area contributed by atoms with Gasteiger partial charge in [0.2, 0.25) is 5.91 Å². The number of ether oxygens (including phenoxy) is 3. The van der Waals surface area contributed by atoms with Crippen LogP contribution in [0.3, 0.4) is 0 Å². The van der Waals surface area contributed by atoms with E-state index in [2.05, 4.69) is 10.1 Å². The van der Waals surface area contributed by atoms with E-state index in [-0.39, 0.29) is 17.3 Å². The highest BCUT2D eigenvalue weighted by Crippen LogP contribution is 2.37. The Labute approximate surface area is 194 Å². The van der Waals surface area contributed by atoms with Crippen molar-refractivity contribution < 1.29 is 33.4 Å². The number of carbonyl (C=O) groups excluding carboxylic acids is 4. The molecule has 2 aromatic carbocycles. The molecule has 1 fully saturated rings. The van der Waals surface area contributed by atoms with Crippen LogP contribution in [0, 0.1) is 6.92 Å². The number of esters is 1. The first-order valence-corrected chi connectivity index (χ1v) is 10.6. The number of rotatable bonds is 8. The molecule has 10 heteroatoms. The first-order valence-electron chi connectivity index (χ1n) is 9.81. The van der Waals surface area contributed by atoms with Crippen LogP contribution in [0.15, 0.2) is 47.4 Å². The van der Waals surface area contributed by atoms with Crippen LogP contribution in [0.4, 0.5) is 10.5 Å². The number of thioether (sulfide) groups is 1. The first kappa shape index (κ1) is 23.9. The van der Waals surface area contributed by atoms with Crippen LogP contribution >= 0.6 is 11.8 Å². The standard InChI is InChI=1S/C23H22N2O7S/c1-14-7-9-16(10-8-14)24-19(26)12-25-22(28)18(33-23(25)29)11-15-5-4-6-17(30-2)21(15)32-13-20(27)31-3/h4-11H,12-13H2,1-3H3,(H,24,26)/b18-11+. The summed E-state index contributed by atoms with van der Waals surface area (Å²) in [6.07, 6.45) is 1.46. The summed E-state index contributed by atoms with van der Waals surface area (Å²) in [4.78, 5) is 50.0. The van der Waals surface area contributed by atoms with E-state index in [4.69, 9.17) is 9.47 Å². The third-order valence-corrected chi connectivity index (χ3v) is 5.50. The summed E-state index contributed by atoms with van der Waals surface area (Å²) in [6, 6.07) is 12.1. The number of imide groups is 1. The predicted octanol–water partition coefficient (Wildman–Crippen LogP) is 3.23. The molecule has 3 rings (SSSR count). The SMILES string of the molecule is COC(=O)COc1c(/C=C2/SC(=O)N(CC(=O)Nc3ccc(C)cc3)C2=O)cccc1OC. The van der Waals surface area contributed by atoms with Gasteiger partial charge >= 0.3 is 5.97 Å². The molecule has 0 saturated carbocycles. The van der Waals surface area contributed by atoms with Gasteiger partial charge in [-0.2, -0.15) is 0 Å². The van der Waals surface area contributed by atoms with Crippen LogP contribution < -0.4 is 14.8 Å². The van der Waals surface area contributed by atoms with Crippen LogP contribution in [-0.4, -0.2) is 55.3 Å². The zero-order valence-corrected chi connectivity index (χ0v) is 19.1. The summed E-state index contributed by atoms with van der Waals surface area (Å²) in [5.41, 5.74) is 2.03. The largest absolute Gasteiger partial charge is 0.493 e. The molecule has 1 heterocycles. The fraction of sp³-hybridized carbons (Fsp3) is 0.217. The highest BCUT2D eigenvalue weighted by Gasteiger charge is 2.36. The molecule has 1 aliphatic rings. The molecule has 33 heavy (non-hydrogen) atoms. The molecule has 0 unspecified atom stereocenters. The van der Waals surface area contributed by atoms with Gasteiger partial charge in [-0.15, -0.1) is 0 Å². The molecule has 9 nitrogen and oxygen atoms in total. The quantitative estimate of drug-likeness (QED) is 0.462. The average molecular weight is 471 g/mol. The number of hydrogen-bond acceptors (Lipinski definition) is 8. The lowest BCUT2D eigenvalue weighted by Gasteiger charge is -2.13. The maximum absolute atomic E-state index is 12.8. The minimum Gasteiger partial charge on any atom is -0.493 e. The Morgan fingerprint density at radius 3 is 2.48 bits per heavy atom. The van der Waals surface area contributed by atoms with Crippen LogP contribution in [-0.2, 0) is 19.1 Å². The topological polar surface area (TPSA) is 111 Å². The third-order valence-electron chi connectivity index (χ3n) is 4.59. The van der Waals surface area contributed by atoms with Gasteiger partial charge in [0.1, 0.15) is 6.54 Å². The minimum absolute atomic E-state index is 0.110. The smallest absolute Gasteiger partial charge is 0.343 e. The van der Waals surface area contributed by atoms with E-state index < -0.39 is 29.6 Å². The summed E-state index contributed by atoms with van der Waals surface area (Å²) >= 11 is 0.708. The number of hydrogen-bond donors (Lipinski definition) is 1. The van der Waals surface area contributed by atoms with E-state index in [0.717, 1.165) is 10.5 Å². The highest BCUT2D eigenvalue weighted by atomic mass is 32.2. The van der Waals surface area contributed by atoms with Gasteiger partial charge in [0, 0.05) is 11.3 Å². The van der Waals surface area contributed by atoms with E-state index in [0.29, 0.717) is 28.8 Å². The van der Waals surface area contributed by atoms with Gasteiger partial charge in [-0.3, -0.25) is 19.3 Å². The Bertz CT molecular complexity index is 1110. The van der Waals surface area contributed by atoms with Crippen molar-refractivity contribution in [2.24, 2.45) is 0 Å². The summed E-state index contributed by atoms with van der Waals surface area (Å²) in [5, 5.41) is 2.10. The molecule has 172 valence electrons. The van der Waals surface area contributed by atoms with Gasteiger partial charge in [-0.05, 0) is 43.0 Å². The number of para-hydroxylation sites is 1. The van der Waals surface area contributed by atoms with E-state index in [1.165, 1.54) is 20.3 Å². The summed E-state index contributed by atoms with van der Waals surface area (Å²) in [7, 11) is 2.67. The predicted molar refractivity (Wildman–Crippen MR) is 123 cm³/mol. The number of benzene rings is 2. The third kappa shape index (κ3) is 5.92. The Kier molecular flexibility index (Phi) is 7.73. The Balaban J connectivity index is 1.77. The fourth-order valence-corrected chi connectivity index (χ4v) is 3.74. The monoisotopic (exact) mass is 470 g/mol. The van der Waals surface area contributed by atoms with Crippen LogP contribution in [0.2, 0.25) is 0 Å². The fourth-order valence-electron chi connectivity index (χ4n) is 2.91. The summed E-state index contributed by atoms with van der Waals surface area (Å²) in [6.45, 7) is 1.14. The Hall–Kier alpha value is -3.79. The van der Waals surface area contributed by atoms with Crippen molar-refractivity contribution in [3.05, 3.63) is 58.5 Å². The number of anilines is 1. The molecule has 1 aliphatic heterocycles. The summed E-state index contributed by atoms with van der Waals surface area (Å²) < 4.78 is 15.4. The molecule has 0 spiro atoms. The molecule has 0 aromatic heterocycles. The second-order valence-corrected chi connectivity index (χ2v) is 7.92. The zero-order chi connectivity index (χ0) is 24.0. The van der Waals surface area contributed by atoms with Gasteiger partial charge in [-0.1, -0.05) is 29.8 Å². The zero-order valence-electron chi connectivity index (χ0n) is 18.2. The minimum atomic E-state index is -0.606. The molecule has 0 radical (unpaired) electrons.